The van der Waals surface area contributed by atoms with Crippen molar-refractivity contribution in [1.82, 2.24) is 0 Å². The van der Waals surface area contributed by atoms with Crippen molar-refractivity contribution in [3.05, 3.63) is 60.8 Å². The Morgan fingerprint density at radius 3 is 1.76 bits per heavy atom. The number of hydrogen-bond acceptors (Lipinski definition) is 3. The number of esters is 1. The molecule has 0 atom stereocenters. The van der Waals surface area contributed by atoms with E-state index in [1.165, 1.54) is 0 Å². The summed E-state index contributed by atoms with van der Waals surface area (Å²) in [5.41, 5.74) is 5.27. The number of ether oxygens (including phenoxy) is 1. The van der Waals surface area contributed by atoms with Crippen LogP contribution in [0, 0.1) is 0 Å². The molecule has 0 aromatic rings. The van der Waals surface area contributed by atoms with Crippen LogP contribution in [0.25, 0.3) is 0 Å². The van der Waals surface area contributed by atoms with Crippen molar-refractivity contribution >= 4 is 5.97 Å². The first-order valence-electron chi connectivity index (χ1n) is 9.41. The number of unbranched alkanes of at least 4 members (excludes halogenated alkanes) is 1. The fraction of sp³-hybridized carbons (Fsp3) is 0.500. The summed E-state index contributed by atoms with van der Waals surface area (Å²) in [4.78, 5) is 11.2. The largest absolute Gasteiger partial charge is 0.464 e. The van der Waals surface area contributed by atoms with Gasteiger partial charge in [0.2, 0.25) is 0 Å². The van der Waals surface area contributed by atoms with Gasteiger partial charge in [0.05, 0.1) is 0 Å². The van der Waals surface area contributed by atoms with Crippen LogP contribution in [-0.2, 0) is 9.53 Å². The molecule has 0 spiro atoms. The lowest BCUT2D eigenvalue weighted by Crippen LogP contribution is -2.13. The molecular formula is C22H35NO2. The maximum absolute atomic E-state index is 11.2. The molecule has 0 rings (SSSR count). The zero-order valence-corrected chi connectivity index (χ0v) is 15.7. The van der Waals surface area contributed by atoms with E-state index >= 15 is 0 Å². The van der Waals surface area contributed by atoms with Crippen LogP contribution in [0.15, 0.2) is 60.8 Å². The topological polar surface area (TPSA) is 52.3 Å². The first kappa shape index (κ1) is 23.1. The lowest BCUT2D eigenvalue weighted by molar-refractivity contribution is -0.143. The van der Waals surface area contributed by atoms with Gasteiger partial charge in [-0.25, -0.2) is 0 Å². The van der Waals surface area contributed by atoms with Gasteiger partial charge < -0.3 is 10.5 Å². The summed E-state index contributed by atoms with van der Waals surface area (Å²) in [5.74, 6) is -0.155. The molecule has 0 radical (unpaired) electrons. The van der Waals surface area contributed by atoms with Crippen LogP contribution in [0.4, 0.5) is 0 Å². The maximum Gasteiger partial charge on any atom is 0.305 e. The highest BCUT2D eigenvalue weighted by Gasteiger charge is 1.99. The molecule has 0 saturated carbocycles. The van der Waals surface area contributed by atoms with Gasteiger partial charge >= 0.3 is 5.97 Å². The van der Waals surface area contributed by atoms with Crippen molar-refractivity contribution in [2.24, 2.45) is 5.73 Å². The van der Waals surface area contributed by atoms with Crippen LogP contribution >= 0.6 is 0 Å². The van der Waals surface area contributed by atoms with Gasteiger partial charge in [0.25, 0.3) is 0 Å². The zero-order chi connectivity index (χ0) is 18.4. The molecule has 25 heavy (non-hydrogen) atoms. The van der Waals surface area contributed by atoms with Crippen molar-refractivity contribution in [2.75, 3.05) is 13.2 Å². The van der Waals surface area contributed by atoms with Crippen molar-refractivity contribution in [3.63, 3.8) is 0 Å². The van der Waals surface area contributed by atoms with E-state index in [4.69, 9.17) is 10.5 Å². The quantitative estimate of drug-likeness (QED) is 0.245. The first-order valence-corrected chi connectivity index (χ1v) is 9.41. The van der Waals surface area contributed by atoms with E-state index in [2.05, 4.69) is 67.7 Å². The van der Waals surface area contributed by atoms with E-state index in [-0.39, 0.29) is 5.97 Å². The fourth-order valence-corrected chi connectivity index (χ4v) is 1.98. The van der Waals surface area contributed by atoms with Gasteiger partial charge in [-0.05, 0) is 44.9 Å². The first-order chi connectivity index (χ1) is 12.3. The Labute approximate surface area is 154 Å². The lowest BCUT2D eigenvalue weighted by atomic mass is 10.2. The highest BCUT2D eigenvalue weighted by atomic mass is 16.5. The average molecular weight is 346 g/mol. The third kappa shape index (κ3) is 20.1. The van der Waals surface area contributed by atoms with Gasteiger partial charge in [0.15, 0.2) is 0 Å². The Morgan fingerprint density at radius 1 is 0.800 bits per heavy atom. The Balaban J connectivity index is 3.49. The summed E-state index contributed by atoms with van der Waals surface area (Å²) in [6, 6.07) is 0. The molecule has 140 valence electrons. The van der Waals surface area contributed by atoms with Crippen LogP contribution in [-0.4, -0.2) is 19.1 Å². The fourth-order valence-electron chi connectivity index (χ4n) is 1.98. The van der Waals surface area contributed by atoms with Crippen molar-refractivity contribution in [2.45, 2.75) is 58.3 Å². The molecule has 3 heteroatoms. The van der Waals surface area contributed by atoms with E-state index in [9.17, 15) is 4.79 Å². The van der Waals surface area contributed by atoms with E-state index in [0.29, 0.717) is 19.6 Å². The van der Waals surface area contributed by atoms with Crippen LogP contribution in [0.3, 0.4) is 0 Å². The second kappa shape index (κ2) is 20.2. The van der Waals surface area contributed by atoms with Gasteiger partial charge in [-0.2, -0.15) is 0 Å². The molecule has 0 unspecified atom stereocenters. The maximum atomic E-state index is 11.2. The van der Waals surface area contributed by atoms with Crippen LogP contribution in [0.2, 0.25) is 0 Å². The molecule has 0 heterocycles. The average Bonchev–Trinajstić information content (AvgIpc) is 2.62. The number of carbonyl (C=O) groups excluding carboxylic acids is 1. The van der Waals surface area contributed by atoms with Crippen LogP contribution in [0.1, 0.15) is 58.3 Å². The van der Waals surface area contributed by atoms with Gasteiger partial charge in [-0.1, -0.05) is 67.7 Å². The molecule has 2 N–H and O–H groups in total. The molecule has 0 amide bonds. The minimum absolute atomic E-state index is 0.155. The van der Waals surface area contributed by atoms with Gasteiger partial charge in [-0.15, -0.1) is 0 Å². The molecule has 0 aromatic heterocycles. The molecule has 0 bridgehead atoms. The Kier molecular flexibility index (Phi) is 18.7. The third-order valence-corrected chi connectivity index (χ3v) is 3.29. The van der Waals surface area contributed by atoms with E-state index in [1.807, 2.05) is 0 Å². The number of rotatable bonds is 15. The SMILES string of the molecule is CC/C=C\C/C=C\C/C=C\C/C=C\C/C=C\CCCC(=O)OCCN. The summed E-state index contributed by atoms with van der Waals surface area (Å²) in [6.07, 6.45) is 29.1. The van der Waals surface area contributed by atoms with Crippen LogP contribution < -0.4 is 5.73 Å². The van der Waals surface area contributed by atoms with E-state index < -0.39 is 0 Å². The highest BCUT2D eigenvalue weighted by molar-refractivity contribution is 5.69. The van der Waals surface area contributed by atoms with Crippen molar-refractivity contribution in [1.29, 1.82) is 0 Å². The van der Waals surface area contributed by atoms with E-state index in [1.54, 1.807) is 0 Å². The number of nitrogens with two attached hydrogens (primary N) is 1. The zero-order valence-electron chi connectivity index (χ0n) is 15.7. The minimum atomic E-state index is -0.155. The third-order valence-electron chi connectivity index (χ3n) is 3.29. The smallest absolute Gasteiger partial charge is 0.305 e. The number of carbonyl (C=O) groups is 1. The van der Waals surface area contributed by atoms with Gasteiger partial charge in [0, 0.05) is 13.0 Å². The Hall–Kier alpha value is -1.87. The lowest BCUT2D eigenvalue weighted by Gasteiger charge is -2.00. The predicted molar refractivity (Wildman–Crippen MR) is 108 cm³/mol. The minimum Gasteiger partial charge on any atom is -0.464 e. The molecule has 0 saturated heterocycles. The monoisotopic (exact) mass is 345 g/mol. The predicted octanol–water partition coefficient (Wildman–Crippen LogP) is 5.41. The second-order valence-electron chi connectivity index (χ2n) is 5.61. The summed E-state index contributed by atoms with van der Waals surface area (Å²) in [6.45, 7) is 2.86. The second-order valence-corrected chi connectivity index (χ2v) is 5.61. The van der Waals surface area contributed by atoms with E-state index in [0.717, 1.165) is 44.9 Å². The normalized spacial score (nSPS) is 12.6. The Bertz CT molecular complexity index is 445. The summed E-state index contributed by atoms with van der Waals surface area (Å²) >= 11 is 0. The Morgan fingerprint density at radius 2 is 1.28 bits per heavy atom. The molecule has 0 fully saturated rings. The summed E-state index contributed by atoms with van der Waals surface area (Å²) in [5, 5.41) is 0. The standard InChI is InChI=1S/C22H35NO2/c1-2-3-4-5-6-7-8-9-10-11-12-13-14-15-16-17-18-19-22(24)25-21-20-23/h3-4,6-7,9-10,12-13,15-16H,2,5,8,11,14,17-21,23H2,1H3/b4-3-,7-6-,10-9-,13-12-,16-15-. The van der Waals surface area contributed by atoms with Crippen LogP contribution in [0.5, 0.6) is 0 Å². The number of hydrogen-bond donors (Lipinski definition) is 1. The summed E-state index contributed by atoms with van der Waals surface area (Å²) < 4.78 is 4.91. The molecule has 0 aromatic carbocycles. The van der Waals surface area contributed by atoms with Gasteiger partial charge in [0.1, 0.15) is 6.61 Å². The van der Waals surface area contributed by atoms with Crippen molar-refractivity contribution < 1.29 is 9.53 Å². The number of allylic oxidation sites excluding steroid dienone is 10. The molecule has 0 aliphatic rings. The molecular weight excluding hydrogens is 310 g/mol. The van der Waals surface area contributed by atoms with Crippen molar-refractivity contribution in [3.8, 4) is 0 Å². The molecule has 0 aliphatic heterocycles. The molecule has 0 aliphatic carbocycles. The van der Waals surface area contributed by atoms with Gasteiger partial charge in [-0.3, -0.25) is 4.79 Å². The summed E-state index contributed by atoms with van der Waals surface area (Å²) in [7, 11) is 0. The molecule has 3 nitrogen and oxygen atoms in total. The highest BCUT2D eigenvalue weighted by Crippen LogP contribution is 2.00.